The van der Waals surface area contributed by atoms with E-state index in [0.29, 0.717) is 23.3 Å². The summed E-state index contributed by atoms with van der Waals surface area (Å²) < 4.78 is 40.6. The topological polar surface area (TPSA) is 87.4 Å². The van der Waals surface area contributed by atoms with E-state index in [1.165, 1.54) is 6.07 Å². The number of benzene rings is 3. The van der Waals surface area contributed by atoms with E-state index in [0.717, 1.165) is 47.2 Å². The lowest BCUT2D eigenvalue weighted by atomic mass is 9.97. The van der Waals surface area contributed by atoms with E-state index in [1.807, 2.05) is 55.1 Å². The van der Waals surface area contributed by atoms with Gasteiger partial charge in [-0.1, -0.05) is 12.1 Å². The molecule has 0 aliphatic carbocycles. The quantitative estimate of drug-likeness (QED) is 0.294. The highest BCUT2D eigenvalue weighted by atomic mass is 19.4. The summed E-state index contributed by atoms with van der Waals surface area (Å²) >= 11 is 0. The number of nitrogens with one attached hydrogen (secondary N) is 1. The number of rotatable bonds is 8. The van der Waals surface area contributed by atoms with Crippen LogP contribution in [0.5, 0.6) is 0 Å². The number of hydrogen-bond donors (Lipinski definition) is 2. The van der Waals surface area contributed by atoms with E-state index in [-0.39, 0.29) is 11.6 Å². The second-order valence-electron chi connectivity index (χ2n) is 9.79. The van der Waals surface area contributed by atoms with E-state index >= 15 is 0 Å². The molecule has 0 bridgehead atoms. The second-order valence-corrected chi connectivity index (χ2v) is 9.79. The molecule has 1 amide bonds. The van der Waals surface area contributed by atoms with E-state index in [1.54, 1.807) is 25.4 Å². The molecule has 39 heavy (non-hydrogen) atoms. The summed E-state index contributed by atoms with van der Waals surface area (Å²) in [6.45, 7) is 3.36. The Labute approximate surface area is 225 Å². The van der Waals surface area contributed by atoms with Gasteiger partial charge in [0.2, 0.25) is 5.95 Å². The van der Waals surface area contributed by atoms with Gasteiger partial charge in [0.15, 0.2) is 0 Å². The predicted octanol–water partition coefficient (Wildman–Crippen LogP) is 5.85. The fourth-order valence-corrected chi connectivity index (χ4v) is 4.37. The first kappa shape index (κ1) is 27.8. The van der Waals surface area contributed by atoms with Crippen molar-refractivity contribution < 1.29 is 18.0 Å². The minimum absolute atomic E-state index is 0.102. The minimum atomic E-state index is -4.54. The maximum absolute atomic E-state index is 13.5. The zero-order valence-corrected chi connectivity index (χ0v) is 22.3. The third kappa shape index (κ3) is 6.64. The molecule has 0 saturated heterocycles. The third-order valence-electron chi connectivity index (χ3n) is 6.49. The number of nitrogen functional groups attached to an aromatic ring is 1. The van der Waals surface area contributed by atoms with Crippen molar-refractivity contribution in [3.8, 4) is 11.1 Å². The summed E-state index contributed by atoms with van der Waals surface area (Å²) in [6.07, 6.45) is -2.09. The van der Waals surface area contributed by atoms with Gasteiger partial charge in [-0.15, -0.1) is 0 Å². The zero-order chi connectivity index (χ0) is 28.3. The summed E-state index contributed by atoms with van der Waals surface area (Å²) in [5, 5.41) is 3.52. The van der Waals surface area contributed by atoms with Crippen LogP contribution in [0.2, 0.25) is 0 Å². The van der Waals surface area contributed by atoms with E-state index in [9.17, 15) is 18.0 Å². The monoisotopic (exact) mass is 536 g/mol. The molecule has 0 atom stereocenters. The Morgan fingerprint density at radius 2 is 1.77 bits per heavy atom. The molecule has 1 heterocycles. The van der Waals surface area contributed by atoms with Crippen LogP contribution in [0.4, 0.5) is 30.5 Å². The number of halogens is 3. The van der Waals surface area contributed by atoms with Crippen molar-refractivity contribution in [2.24, 2.45) is 0 Å². The number of nitrogens with two attached hydrogens (primary N) is 1. The molecule has 1 aromatic heterocycles. The second kappa shape index (κ2) is 11.3. The van der Waals surface area contributed by atoms with Crippen LogP contribution in [0.25, 0.3) is 22.0 Å². The molecule has 204 valence electrons. The molecule has 4 rings (SSSR count). The highest BCUT2D eigenvalue weighted by molar-refractivity contribution is 6.07. The van der Waals surface area contributed by atoms with Gasteiger partial charge in [-0.25, -0.2) is 9.97 Å². The van der Waals surface area contributed by atoms with Crippen molar-refractivity contribution in [2.75, 3.05) is 50.2 Å². The van der Waals surface area contributed by atoms with Gasteiger partial charge in [-0.05, 0) is 93.1 Å². The molecule has 0 aliphatic rings. The Hall–Kier alpha value is -4.18. The Balaban J connectivity index is 1.65. The van der Waals surface area contributed by atoms with Crippen LogP contribution >= 0.6 is 0 Å². The fourth-order valence-electron chi connectivity index (χ4n) is 4.37. The first-order chi connectivity index (χ1) is 18.4. The average molecular weight is 537 g/mol. The molecular weight excluding hydrogens is 505 g/mol. The molecular formula is C29H31F3N6O. The maximum Gasteiger partial charge on any atom is 0.416 e. The summed E-state index contributed by atoms with van der Waals surface area (Å²) in [7, 11) is 5.72. The summed E-state index contributed by atoms with van der Waals surface area (Å²) in [6, 6.07) is 14.3. The number of fused-ring (bicyclic) bond motifs is 1. The fraction of sp³-hybridized carbons (Fsp3) is 0.276. The molecule has 0 fully saturated rings. The molecule has 3 aromatic carbocycles. The number of carbonyl (C=O) groups excluding carboxylic acids is 1. The normalized spacial score (nSPS) is 11.7. The Morgan fingerprint density at radius 3 is 2.49 bits per heavy atom. The number of amides is 1. The number of anilines is 3. The SMILES string of the molecule is Cc1ccc(C(=O)Nc2cc(C(F)(F)F)ccc2N(C)CCCN(C)C)cc1-c1ccc2nc(N)ncc2c1. The lowest BCUT2D eigenvalue weighted by Crippen LogP contribution is -2.25. The van der Waals surface area contributed by atoms with Gasteiger partial charge in [0.1, 0.15) is 0 Å². The van der Waals surface area contributed by atoms with Gasteiger partial charge in [0.05, 0.1) is 22.5 Å². The molecule has 0 unspecified atom stereocenters. The Bertz CT molecular complexity index is 1500. The van der Waals surface area contributed by atoms with Crippen LogP contribution in [0.1, 0.15) is 27.9 Å². The number of nitrogens with zero attached hydrogens (tertiary/aromatic N) is 4. The van der Waals surface area contributed by atoms with Gasteiger partial charge in [0, 0.05) is 30.7 Å². The van der Waals surface area contributed by atoms with Crippen LogP contribution in [-0.2, 0) is 6.18 Å². The highest BCUT2D eigenvalue weighted by Gasteiger charge is 2.31. The Kier molecular flexibility index (Phi) is 8.06. The van der Waals surface area contributed by atoms with Crippen LogP contribution < -0.4 is 16.0 Å². The van der Waals surface area contributed by atoms with Crippen molar-refractivity contribution in [2.45, 2.75) is 19.5 Å². The van der Waals surface area contributed by atoms with Gasteiger partial charge < -0.3 is 20.9 Å². The van der Waals surface area contributed by atoms with Crippen LogP contribution in [0, 0.1) is 6.92 Å². The van der Waals surface area contributed by atoms with Crippen LogP contribution in [-0.4, -0.2) is 55.0 Å². The minimum Gasteiger partial charge on any atom is -0.373 e. The summed E-state index contributed by atoms with van der Waals surface area (Å²) in [4.78, 5) is 25.5. The lowest BCUT2D eigenvalue weighted by Gasteiger charge is -2.24. The van der Waals surface area contributed by atoms with E-state index < -0.39 is 17.6 Å². The van der Waals surface area contributed by atoms with Crippen LogP contribution in [0.15, 0.2) is 60.8 Å². The zero-order valence-electron chi connectivity index (χ0n) is 22.3. The predicted molar refractivity (Wildman–Crippen MR) is 150 cm³/mol. The van der Waals surface area contributed by atoms with Gasteiger partial charge in [0.25, 0.3) is 5.91 Å². The number of aryl methyl sites for hydroxylation is 1. The van der Waals surface area contributed by atoms with Crippen LogP contribution in [0.3, 0.4) is 0 Å². The Morgan fingerprint density at radius 1 is 1.00 bits per heavy atom. The molecule has 0 aliphatic heterocycles. The smallest absolute Gasteiger partial charge is 0.373 e. The number of carbonyl (C=O) groups is 1. The first-order valence-electron chi connectivity index (χ1n) is 12.4. The molecule has 0 saturated carbocycles. The summed E-state index contributed by atoms with van der Waals surface area (Å²) in [5.74, 6) is -0.321. The molecule has 3 N–H and O–H groups in total. The molecule has 0 radical (unpaired) electrons. The number of aromatic nitrogens is 2. The van der Waals surface area contributed by atoms with Gasteiger partial charge in [-0.2, -0.15) is 13.2 Å². The van der Waals surface area contributed by atoms with E-state index in [4.69, 9.17) is 5.73 Å². The van der Waals surface area contributed by atoms with Crippen molar-refractivity contribution in [1.29, 1.82) is 0 Å². The molecule has 0 spiro atoms. The maximum atomic E-state index is 13.5. The molecule has 7 nitrogen and oxygen atoms in total. The number of hydrogen-bond acceptors (Lipinski definition) is 6. The summed E-state index contributed by atoms with van der Waals surface area (Å²) in [5.41, 5.74) is 9.08. The van der Waals surface area contributed by atoms with Crippen molar-refractivity contribution in [3.05, 3.63) is 77.5 Å². The largest absolute Gasteiger partial charge is 0.416 e. The lowest BCUT2D eigenvalue weighted by molar-refractivity contribution is -0.137. The van der Waals surface area contributed by atoms with Gasteiger partial charge in [-0.3, -0.25) is 4.79 Å². The van der Waals surface area contributed by atoms with E-state index in [2.05, 4.69) is 15.3 Å². The highest BCUT2D eigenvalue weighted by Crippen LogP contribution is 2.36. The molecule has 10 heteroatoms. The first-order valence-corrected chi connectivity index (χ1v) is 12.4. The van der Waals surface area contributed by atoms with Crippen molar-refractivity contribution in [3.63, 3.8) is 0 Å². The van der Waals surface area contributed by atoms with Crippen molar-refractivity contribution >= 4 is 34.1 Å². The standard InChI is InChI=1S/C29H31F3N6O/c1-18-6-7-20(15-23(18)19-8-10-24-21(14-19)17-34-28(33)36-24)27(39)35-25-16-22(29(30,31)32)9-11-26(25)38(4)13-5-12-37(2)3/h6-11,14-17H,5,12-13H2,1-4H3,(H,35,39)(H2,33,34,36). The third-order valence-corrected chi connectivity index (χ3v) is 6.49. The molecule has 4 aromatic rings. The van der Waals surface area contributed by atoms with Gasteiger partial charge >= 0.3 is 6.18 Å². The average Bonchev–Trinajstić information content (AvgIpc) is 2.87. The number of alkyl halides is 3. The van der Waals surface area contributed by atoms with Crippen molar-refractivity contribution in [1.82, 2.24) is 14.9 Å².